The Morgan fingerprint density at radius 2 is 1.81 bits per heavy atom. The minimum Gasteiger partial charge on any atom is -0.395 e. The Hall–Kier alpha value is -3.58. The molecule has 1 amide bonds. The fourth-order valence-electron chi connectivity index (χ4n) is 3.09. The van der Waals surface area contributed by atoms with E-state index in [0.29, 0.717) is 28.1 Å². The summed E-state index contributed by atoms with van der Waals surface area (Å²) >= 11 is 0. The number of aliphatic hydroxyl groups excluding tert-OH is 1. The van der Waals surface area contributed by atoms with Crippen LogP contribution in [0.5, 0.6) is 0 Å². The molecule has 32 heavy (non-hydrogen) atoms. The van der Waals surface area contributed by atoms with Gasteiger partial charge < -0.3 is 10.0 Å². The standard InChI is InChI=1S/C23H22N4O4S/c1-26(13-14-28)32(30,31)20-10-7-17(8-11-20)23(29)27(2)19-9-6-18(16-24)21(15-19)22-5-3-4-12-25-22/h3-12,15,28H,13-14H2,1-2H3. The summed E-state index contributed by atoms with van der Waals surface area (Å²) < 4.78 is 26.0. The monoisotopic (exact) mass is 450 g/mol. The number of hydrogen-bond acceptors (Lipinski definition) is 6. The van der Waals surface area contributed by atoms with Crippen molar-refractivity contribution in [2.45, 2.75) is 4.90 Å². The van der Waals surface area contributed by atoms with Crippen molar-refractivity contribution < 1.29 is 18.3 Å². The minimum atomic E-state index is -3.75. The summed E-state index contributed by atoms with van der Waals surface area (Å²) in [6.07, 6.45) is 1.63. The highest BCUT2D eigenvalue weighted by Crippen LogP contribution is 2.27. The van der Waals surface area contributed by atoms with Crippen LogP contribution in [-0.2, 0) is 10.0 Å². The number of carbonyl (C=O) groups excluding carboxylic acids is 1. The molecular weight excluding hydrogens is 428 g/mol. The number of carbonyl (C=O) groups is 1. The van der Waals surface area contributed by atoms with Crippen LogP contribution in [0.15, 0.2) is 71.8 Å². The molecule has 0 bridgehead atoms. The average molecular weight is 451 g/mol. The predicted molar refractivity (Wildman–Crippen MR) is 120 cm³/mol. The molecule has 0 aliphatic carbocycles. The smallest absolute Gasteiger partial charge is 0.258 e. The van der Waals surface area contributed by atoms with Crippen molar-refractivity contribution in [2.24, 2.45) is 0 Å². The largest absolute Gasteiger partial charge is 0.395 e. The average Bonchev–Trinajstić information content (AvgIpc) is 2.83. The van der Waals surface area contributed by atoms with Gasteiger partial charge in [0.1, 0.15) is 0 Å². The fraction of sp³-hybridized carbons (Fsp3) is 0.174. The van der Waals surface area contributed by atoms with E-state index in [1.807, 2.05) is 6.07 Å². The minimum absolute atomic E-state index is 0.0248. The summed E-state index contributed by atoms with van der Waals surface area (Å²) in [6, 6.07) is 18.2. The SMILES string of the molecule is CN(C(=O)c1ccc(S(=O)(=O)N(C)CCO)cc1)c1ccc(C#N)c(-c2ccccn2)c1. The molecule has 2 aromatic carbocycles. The normalized spacial score (nSPS) is 11.2. The van der Waals surface area contributed by atoms with Gasteiger partial charge in [-0.2, -0.15) is 9.57 Å². The van der Waals surface area contributed by atoms with Gasteiger partial charge in [-0.3, -0.25) is 9.78 Å². The van der Waals surface area contributed by atoms with Gasteiger partial charge in [0.25, 0.3) is 5.91 Å². The van der Waals surface area contributed by atoms with Crippen LogP contribution in [0.4, 0.5) is 5.69 Å². The second-order valence-electron chi connectivity index (χ2n) is 7.00. The predicted octanol–water partition coefficient (Wildman–Crippen LogP) is 2.51. The molecule has 0 atom stereocenters. The topological polar surface area (TPSA) is 115 Å². The van der Waals surface area contributed by atoms with E-state index in [9.17, 15) is 18.5 Å². The molecule has 1 aromatic heterocycles. The number of nitrogens with zero attached hydrogens (tertiary/aromatic N) is 4. The molecule has 0 saturated carbocycles. The maximum atomic E-state index is 13.0. The number of amides is 1. The van der Waals surface area contributed by atoms with E-state index in [4.69, 9.17) is 5.11 Å². The van der Waals surface area contributed by atoms with Gasteiger partial charge in [-0.05, 0) is 54.6 Å². The zero-order chi connectivity index (χ0) is 23.3. The van der Waals surface area contributed by atoms with Gasteiger partial charge in [-0.1, -0.05) is 6.07 Å². The van der Waals surface area contributed by atoms with E-state index in [1.54, 1.807) is 43.6 Å². The summed E-state index contributed by atoms with van der Waals surface area (Å²) in [7, 11) is -0.769. The number of anilines is 1. The Morgan fingerprint density at radius 1 is 1.09 bits per heavy atom. The molecule has 1 heterocycles. The zero-order valence-electron chi connectivity index (χ0n) is 17.6. The molecule has 3 aromatic rings. The summed E-state index contributed by atoms with van der Waals surface area (Å²) in [5.41, 5.74) is 2.54. The number of sulfonamides is 1. The van der Waals surface area contributed by atoms with E-state index in [2.05, 4.69) is 11.1 Å². The third-order valence-corrected chi connectivity index (χ3v) is 6.85. The van der Waals surface area contributed by atoms with E-state index >= 15 is 0 Å². The molecule has 0 aliphatic rings. The van der Waals surface area contributed by atoms with Crippen LogP contribution >= 0.6 is 0 Å². The highest BCUT2D eigenvalue weighted by molar-refractivity contribution is 7.89. The Morgan fingerprint density at radius 3 is 2.41 bits per heavy atom. The Labute approximate surface area is 187 Å². The second-order valence-corrected chi connectivity index (χ2v) is 9.04. The maximum absolute atomic E-state index is 13.0. The number of nitriles is 1. The van der Waals surface area contributed by atoms with Crippen LogP contribution in [-0.4, -0.2) is 56.0 Å². The maximum Gasteiger partial charge on any atom is 0.258 e. The van der Waals surface area contributed by atoms with Crippen LogP contribution in [0.1, 0.15) is 15.9 Å². The molecular formula is C23H22N4O4S. The van der Waals surface area contributed by atoms with Crippen LogP contribution in [0.2, 0.25) is 0 Å². The Balaban J connectivity index is 1.88. The van der Waals surface area contributed by atoms with E-state index in [1.165, 1.54) is 36.2 Å². The molecule has 0 fully saturated rings. The van der Waals surface area contributed by atoms with Crippen molar-refractivity contribution in [1.29, 1.82) is 5.26 Å². The van der Waals surface area contributed by atoms with Gasteiger partial charge in [0.15, 0.2) is 0 Å². The number of likely N-dealkylation sites (N-methyl/N-ethyl adjacent to an activating group) is 1. The first-order valence-electron chi connectivity index (χ1n) is 9.70. The van der Waals surface area contributed by atoms with Gasteiger partial charge in [-0.15, -0.1) is 0 Å². The summed E-state index contributed by atoms with van der Waals surface area (Å²) in [5.74, 6) is -0.339. The van der Waals surface area contributed by atoms with Crippen LogP contribution < -0.4 is 4.90 Å². The van der Waals surface area contributed by atoms with Crippen molar-refractivity contribution in [3.63, 3.8) is 0 Å². The van der Waals surface area contributed by atoms with Gasteiger partial charge in [-0.25, -0.2) is 8.42 Å². The number of pyridine rings is 1. The first kappa shape index (κ1) is 23.1. The summed E-state index contributed by atoms with van der Waals surface area (Å²) in [6.45, 7) is -0.314. The number of rotatable bonds is 7. The van der Waals surface area contributed by atoms with Crippen molar-refractivity contribution in [3.05, 3.63) is 78.0 Å². The van der Waals surface area contributed by atoms with Gasteiger partial charge in [0.05, 0.1) is 28.8 Å². The van der Waals surface area contributed by atoms with Crippen molar-refractivity contribution in [3.8, 4) is 17.3 Å². The van der Waals surface area contributed by atoms with Crippen LogP contribution in [0.3, 0.4) is 0 Å². The lowest BCUT2D eigenvalue weighted by Crippen LogP contribution is -2.30. The molecule has 3 rings (SSSR count). The van der Waals surface area contributed by atoms with Crippen LogP contribution in [0, 0.1) is 11.3 Å². The fourth-order valence-corrected chi connectivity index (χ4v) is 4.26. The molecule has 9 heteroatoms. The molecule has 0 unspecified atom stereocenters. The molecule has 0 radical (unpaired) electrons. The first-order valence-corrected chi connectivity index (χ1v) is 11.1. The molecule has 0 saturated heterocycles. The van der Waals surface area contributed by atoms with Gasteiger partial charge >= 0.3 is 0 Å². The van der Waals surface area contributed by atoms with Crippen molar-refractivity contribution in [2.75, 3.05) is 32.1 Å². The molecule has 164 valence electrons. The highest BCUT2D eigenvalue weighted by atomic mass is 32.2. The first-order chi connectivity index (χ1) is 15.3. The van der Waals surface area contributed by atoms with Gasteiger partial charge in [0, 0.05) is 43.7 Å². The quantitative estimate of drug-likeness (QED) is 0.592. The molecule has 8 nitrogen and oxygen atoms in total. The molecule has 1 N–H and O–H groups in total. The third kappa shape index (κ3) is 4.68. The Kier molecular flexibility index (Phi) is 7.00. The summed E-state index contributed by atoms with van der Waals surface area (Å²) in [4.78, 5) is 18.7. The number of aliphatic hydroxyl groups is 1. The van der Waals surface area contributed by atoms with Crippen molar-refractivity contribution >= 4 is 21.6 Å². The number of aromatic nitrogens is 1. The highest BCUT2D eigenvalue weighted by Gasteiger charge is 2.21. The third-order valence-electron chi connectivity index (χ3n) is 4.98. The Bertz CT molecular complexity index is 1250. The van der Waals surface area contributed by atoms with E-state index in [0.717, 1.165) is 4.31 Å². The lowest BCUT2D eigenvalue weighted by Gasteiger charge is -2.19. The zero-order valence-corrected chi connectivity index (χ0v) is 18.5. The molecule has 0 spiro atoms. The molecule has 0 aliphatic heterocycles. The van der Waals surface area contributed by atoms with E-state index < -0.39 is 10.0 Å². The number of benzene rings is 2. The number of hydrogen-bond donors (Lipinski definition) is 1. The van der Waals surface area contributed by atoms with Crippen LogP contribution in [0.25, 0.3) is 11.3 Å². The lowest BCUT2D eigenvalue weighted by atomic mass is 10.0. The second kappa shape index (κ2) is 9.70. The van der Waals surface area contributed by atoms with Crippen molar-refractivity contribution in [1.82, 2.24) is 9.29 Å². The lowest BCUT2D eigenvalue weighted by molar-refractivity contribution is 0.0993. The van der Waals surface area contributed by atoms with Gasteiger partial charge in [0.2, 0.25) is 10.0 Å². The summed E-state index contributed by atoms with van der Waals surface area (Å²) in [5, 5.41) is 18.4. The van der Waals surface area contributed by atoms with E-state index in [-0.39, 0.29) is 24.0 Å².